The fraction of sp³-hybridized carbons (Fsp3) is 0.500. The fourth-order valence-corrected chi connectivity index (χ4v) is 2.82. The maximum absolute atomic E-state index is 5.29. The quantitative estimate of drug-likeness (QED) is 0.867. The average Bonchev–Trinajstić information content (AvgIpc) is 2.73. The van der Waals surface area contributed by atoms with E-state index in [9.17, 15) is 0 Å². The molecule has 0 amide bonds. The van der Waals surface area contributed by atoms with Crippen molar-refractivity contribution in [1.29, 1.82) is 0 Å². The molecule has 0 N–H and O–H groups in total. The molecule has 0 bridgehead atoms. The molecule has 5 nitrogen and oxygen atoms in total. The van der Waals surface area contributed by atoms with Crippen LogP contribution in [0.15, 0.2) is 29.0 Å². The van der Waals surface area contributed by atoms with Crippen LogP contribution in [0.25, 0.3) is 0 Å². The predicted octanol–water partition coefficient (Wildman–Crippen LogP) is 2.40. The van der Waals surface area contributed by atoms with Gasteiger partial charge >= 0.3 is 0 Å². The topological polar surface area (TPSA) is 45.4 Å². The maximum atomic E-state index is 5.29. The smallest absolute Gasteiger partial charge is 0.191 e. The predicted molar refractivity (Wildman–Crippen MR) is 82.3 cm³/mol. The summed E-state index contributed by atoms with van der Waals surface area (Å²) in [6.07, 6.45) is 4.83. The van der Waals surface area contributed by atoms with E-state index in [0.29, 0.717) is 0 Å². The molecule has 21 heavy (non-hydrogen) atoms. The highest BCUT2D eigenvalue weighted by molar-refractivity contribution is 5.46. The summed E-state index contributed by atoms with van der Waals surface area (Å²) in [6.45, 7) is 9.10. The Kier molecular flexibility index (Phi) is 4.20. The summed E-state index contributed by atoms with van der Waals surface area (Å²) in [6, 6.07) is 4.26. The molecule has 2 aromatic rings. The summed E-state index contributed by atoms with van der Waals surface area (Å²) in [5, 5.41) is 0. The lowest BCUT2D eigenvalue weighted by molar-refractivity contribution is 0.282. The Morgan fingerprint density at radius 1 is 1.19 bits per heavy atom. The van der Waals surface area contributed by atoms with Gasteiger partial charge in [-0.1, -0.05) is 0 Å². The van der Waals surface area contributed by atoms with E-state index < -0.39 is 0 Å². The van der Waals surface area contributed by atoms with Crippen LogP contribution < -0.4 is 4.90 Å². The van der Waals surface area contributed by atoms with Gasteiger partial charge in [-0.05, 0) is 25.5 Å². The normalized spacial score (nSPS) is 17.0. The largest absolute Gasteiger partial charge is 0.449 e. The monoisotopic (exact) mass is 286 g/mol. The molecule has 3 rings (SSSR count). The van der Waals surface area contributed by atoms with E-state index in [1.807, 2.05) is 20.0 Å². The van der Waals surface area contributed by atoms with E-state index in [4.69, 9.17) is 4.42 Å². The first-order valence-electron chi connectivity index (χ1n) is 7.52. The van der Waals surface area contributed by atoms with Gasteiger partial charge in [-0.2, -0.15) is 0 Å². The number of aromatic nitrogens is 2. The summed E-state index contributed by atoms with van der Waals surface area (Å²) < 4.78 is 5.29. The number of oxazole rings is 1. The van der Waals surface area contributed by atoms with Gasteiger partial charge < -0.3 is 9.32 Å². The van der Waals surface area contributed by atoms with Gasteiger partial charge in [-0.3, -0.25) is 9.88 Å². The average molecular weight is 286 g/mol. The number of anilines is 1. The van der Waals surface area contributed by atoms with Crippen LogP contribution in [-0.4, -0.2) is 41.0 Å². The minimum absolute atomic E-state index is 0.744. The molecule has 1 aliphatic rings. The molecule has 0 aliphatic carbocycles. The number of rotatable bonds is 3. The lowest BCUT2D eigenvalue weighted by atomic mass is 10.3. The Hall–Kier alpha value is -1.88. The van der Waals surface area contributed by atoms with Crippen molar-refractivity contribution >= 4 is 5.69 Å². The van der Waals surface area contributed by atoms with Crippen molar-refractivity contribution in [3.63, 3.8) is 0 Å². The molecule has 0 unspecified atom stereocenters. The van der Waals surface area contributed by atoms with Gasteiger partial charge in [0.25, 0.3) is 0 Å². The van der Waals surface area contributed by atoms with E-state index in [-0.39, 0.29) is 0 Å². The summed E-state index contributed by atoms with van der Waals surface area (Å²) in [5.41, 5.74) is 3.38. The van der Waals surface area contributed by atoms with Crippen LogP contribution in [0.4, 0.5) is 5.69 Å². The Morgan fingerprint density at radius 2 is 2.10 bits per heavy atom. The molecule has 1 saturated heterocycles. The van der Waals surface area contributed by atoms with E-state index >= 15 is 0 Å². The highest BCUT2D eigenvalue weighted by atomic mass is 16.3. The molecule has 0 aromatic carbocycles. The lowest BCUT2D eigenvalue weighted by Crippen LogP contribution is -2.30. The third-order valence-corrected chi connectivity index (χ3v) is 3.89. The Bertz CT molecular complexity index is 595. The van der Waals surface area contributed by atoms with Crippen LogP contribution in [0.2, 0.25) is 0 Å². The second-order valence-electron chi connectivity index (χ2n) is 5.63. The molecule has 5 heteroatoms. The van der Waals surface area contributed by atoms with Crippen LogP contribution in [0.1, 0.15) is 23.7 Å². The van der Waals surface area contributed by atoms with E-state index in [1.54, 1.807) is 6.26 Å². The molecular formula is C16H22N4O. The SMILES string of the molecule is Cc1cc(N2CCCN(Cc3coc(C)n3)CC2)ccn1. The van der Waals surface area contributed by atoms with Crippen LogP contribution in [0, 0.1) is 13.8 Å². The van der Waals surface area contributed by atoms with Crippen LogP contribution in [0.3, 0.4) is 0 Å². The van der Waals surface area contributed by atoms with Crippen molar-refractivity contribution in [3.05, 3.63) is 41.9 Å². The number of pyridine rings is 1. The molecule has 0 radical (unpaired) electrons. The standard InChI is InChI=1S/C16H22N4O/c1-13-10-16(4-5-17-13)20-7-3-6-19(8-9-20)11-15-12-21-14(2)18-15/h4-5,10,12H,3,6-9,11H2,1-2H3. The van der Waals surface area contributed by atoms with Gasteiger partial charge in [-0.25, -0.2) is 4.98 Å². The minimum Gasteiger partial charge on any atom is -0.449 e. The third kappa shape index (κ3) is 3.61. The van der Waals surface area contributed by atoms with Gasteiger partial charge in [0.05, 0.1) is 5.69 Å². The van der Waals surface area contributed by atoms with Crippen molar-refractivity contribution in [3.8, 4) is 0 Å². The number of hydrogen-bond donors (Lipinski definition) is 0. The first-order valence-corrected chi connectivity index (χ1v) is 7.52. The van der Waals surface area contributed by atoms with E-state index in [2.05, 4.69) is 31.9 Å². The van der Waals surface area contributed by atoms with Crippen molar-refractivity contribution < 1.29 is 4.42 Å². The van der Waals surface area contributed by atoms with Crippen LogP contribution in [-0.2, 0) is 6.54 Å². The molecule has 3 heterocycles. The summed E-state index contributed by atoms with van der Waals surface area (Å²) in [7, 11) is 0. The maximum Gasteiger partial charge on any atom is 0.191 e. The summed E-state index contributed by atoms with van der Waals surface area (Å²) >= 11 is 0. The number of hydrogen-bond acceptors (Lipinski definition) is 5. The Labute approximate surface area is 125 Å². The van der Waals surface area contributed by atoms with Gasteiger partial charge in [0, 0.05) is 57.2 Å². The molecule has 1 aliphatic heterocycles. The number of aryl methyl sites for hydroxylation is 2. The lowest BCUT2D eigenvalue weighted by Gasteiger charge is -2.23. The van der Waals surface area contributed by atoms with Crippen LogP contribution >= 0.6 is 0 Å². The zero-order chi connectivity index (χ0) is 14.7. The molecule has 1 fully saturated rings. The fourth-order valence-electron chi connectivity index (χ4n) is 2.82. The molecule has 0 spiro atoms. The molecular weight excluding hydrogens is 264 g/mol. The molecule has 0 saturated carbocycles. The van der Waals surface area contributed by atoms with Gasteiger partial charge in [0.1, 0.15) is 6.26 Å². The minimum atomic E-state index is 0.744. The van der Waals surface area contributed by atoms with Gasteiger partial charge in [0.2, 0.25) is 0 Å². The second-order valence-corrected chi connectivity index (χ2v) is 5.63. The zero-order valence-corrected chi connectivity index (χ0v) is 12.7. The van der Waals surface area contributed by atoms with E-state index in [1.165, 1.54) is 5.69 Å². The summed E-state index contributed by atoms with van der Waals surface area (Å²) in [5.74, 6) is 0.744. The van der Waals surface area contributed by atoms with Crippen molar-refractivity contribution in [2.45, 2.75) is 26.8 Å². The highest BCUT2D eigenvalue weighted by Crippen LogP contribution is 2.17. The third-order valence-electron chi connectivity index (χ3n) is 3.89. The Morgan fingerprint density at radius 3 is 2.86 bits per heavy atom. The molecule has 112 valence electrons. The van der Waals surface area contributed by atoms with Gasteiger partial charge in [-0.15, -0.1) is 0 Å². The highest BCUT2D eigenvalue weighted by Gasteiger charge is 2.16. The van der Waals surface area contributed by atoms with Crippen molar-refractivity contribution in [2.24, 2.45) is 0 Å². The first-order chi connectivity index (χ1) is 10.2. The first kappa shape index (κ1) is 14.1. The zero-order valence-electron chi connectivity index (χ0n) is 12.7. The van der Waals surface area contributed by atoms with Crippen molar-refractivity contribution in [2.75, 3.05) is 31.1 Å². The summed E-state index contributed by atoms with van der Waals surface area (Å²) in [4.78, 5) is 13.6. The van der Waals surface area contributed by atoms with Crippen LogP contribution in [0.5, 0.6) is 0 Å². The van der Waals surface area contributed by atoms with E-state index in [0.717, 1.165) is 56.4 Å². The second kappa shape index (κ2) is 6.26. The molecule has 2 aromatic heterocycles. The van der Waals surface area contributed by atoms with Crippen molar-refractivity contribution in [1.82, 2.24) is 14.9 Å². The number of nitrogens with zero attached hydrogens (tertiary/aromatic N) is 4. The molecule has 0 atom stereocenters. The Balaban J connectivity index is 1.61. The van der Waals surface area contributed by atoms with Gasteiger partial charge in [0.15, 0.2) is 5.89 Å².